The van der Waals surface area contributed by atoms with Crippen molar-refractivity contribution in [1.82, 2.24) is 0 Å². The van der Waals surface area contributed by atoms with Crippen LogP contribution in [0.2, 0.25) is 0 Å². The molecule has 1 aliphatic rings. The lowest BCUT2D eigenvalue weighted by atomic mass is 10.00. The predicted molar refractivity (Wildman–Crippen MR) is 108 cm³/mol. The summed E-state index contributed by atoms with van der Waals surface area (Å²) < 4.78 is 5.64. The molecule has 4 nitrogen and oxygen atoms in total. The van der Waals surface area contributed by atoms with E-state index in [-0.39, 0.29) is 11.9 Å². The molecule has 5 rings (SSSR count). The van der Waals surface area contributed by atoms with Crippen LogP contribution < -0.4 is 10.6 Å². The van der Waals surface area contributed by atoms with Crippen molar-refractivity contribution in [3.05, 3.63) is 87.9 Å². The zero-order valence-corrected chi connectivity index (χ0v) is 15.5. The maximum atomic E-state index is 12.6. The zero-order chi connectivity index (χ0) is 19.4. The molecule has 0 bridgehead atoms. The summed E-state index contributed by atoms with van der Waals surface area (Å²) in [6, 6.07) is 19.3. The van der Waals surface area contributed by atoms with Gasteiger partial charge in [-0.1, -0.05) is 59.7 Å². The normalized spacial score (nSPS) is 13.1. The smallest absolute Gasteiger partial charge is 0.291 e. The number of nitrogens with zero attached hydrogens (tertiary/aromatic N) is 1. The number of carbonyl (C=O) groups excluding carboxylic acids is 1. The SMILES string of the molecule is Cc1ccc(C2=c3cc4oc(O)c(-c5ccc(C)cc5)c4cc3=NC2=O)cc1. The van der Waals surface area contributed by atoms with Gasteiger partial charge in [0.15, 0.2) is 0 Å². The summed E-state index contributed by atoms with van der Waals surface area (Å²) >= 11 is 0. The molecule has 0 unspecified atom stereocenters. The summed E-state index contributed by atoms with van der Waals surface area (Å²) in [5.41, 5.74) is 5.65. The minimum Gasteiger partial charge on any atom is -0.480 e. The van der Waals surface area contributed by atoms with Gasteiger partial charge in [-0.3, -0.25) is 4.79 Å². The monoisotopic (exact) mass is 367 g/mol. The second-order valence-electron chi connectivity index (χ2n) is 7.17. The van der Waals surface area contributed by atoms with E-state index in [4.69, 9.17) is 4.42 Å². The van der Waals surface area contributed by atoms with E-state index in [1.807, 2.05) is 68.4 Å². The molecule has 1 aromatic heterocycles. The molecule has 4 aromatic rings. The van der Waals surface area contributed by atoms with Gasteiger partial charge in [0.2, 0.25) is 0 Å². The first-order valence-electron chi connectivity index (χ1n) is 9.08. The van der Waals surface area contributed by atoms with Crippen molar-refractivity contribution in [3.8, 4) is 17.1 Å². The van der Waals surface area contributed by atoms with Crippen molar-refractivity contribution in [2.75, 3.05) is 0 Å². The summed E-state index contributed by atoms with van der Waals surface area (Å²) in [5.74, 6) is -0.390. The fourth-order valence-corrected chi connectivity index (χ4v) is 3.69. The van der Waals surface area contributed by atoms with Crippen LogP contribution in [-0.2, 0) is 4.79 Å². The highest BCUT2D eigenvalue weighted by Crippen LogP contribution is 2.38. The van der Waals surface area contributed by atoms with Crippen LogP contribution in [0.5, 0.6) is 5.95 Å². The molecule has 3 aromatic carbocycles. The Hall–Kier alpha value is -3.66. The highest BCUT2D eigenvalue weighted by molar-refractivity contribution is 6.21. The van der Waals surface area contributed by atoms with E-state index in [9.17, 15) is 9.90 Å². The quantitative estimate of drug-likeness (QED) is 0.586. The molecule has 136 valence electrons. The molecule has 0 spiro atoms. The fourth-order valence-electron chi connectivity index (χ4n) is 3.69. The number of amides is 1. The van der Waals surface area contributed by atoms with Gasteiger partial charge in [0, 0.05) is 10.6 Å². The van der Waals surface area contributed by atoms with Crippen molar-refractivity contribution in [2.24, 2.45) is 4.99 Å². The number of carbonyl (C=O) groups is 1. The van der Waals surface area contributed by atoms with Crippen molar-refractivity contribution < 1.29 is 14.3 Å². The predicted octanol–water partition coefficient (Wildman–Crippen LogP) is 3.78. The third-order valence-electron chi connectivity index (χ3n) is 5.17. The second kappa shape index (κ2) is 5.92. The van der Waals surface area contributed by atoms with Crippen LogP contribution >= 0.6 is 0 Å². The Morgan fingerprint density at radius 2 is 1.46 bits per heavy atom. The molecule has 28 heavy (non-hydrogen) atoms. The van der Waals surface area contributed by atoms with Crippen molar-refractivity contribution >= 4 is 22.4 Å². The molecule has 0 aliphatic carbocycles. The van der Waals surface area contributed by atoms with E-state index in [1.165, 1.54) is 0 Å². The maximum absolute atomic E-state index is 12.6. The van der Waals surface area contributed by atoms with Gasteiger partial charge in [0.05, 0.1) is 16.5 Å². The lowest BCUT2D eigenvalue weighted by Crippen LogP contribution is -2.23. The van der Waals surface area contributed by atoms with Gasteiger partial charge in [0.1, 0.15) is 5.58 Å². The minimum atomic E-state index is -0.257. The zero-order valence-electron chi connectivity index (χ0n) is 15.5. The molecular formula is C24H17NO3. The van der Waals surface area contributed by atoms with Gasteiger partial charge in [0.25, 0.3) is 11.9 Å². The molecular weight excluding hydrogens is 350 g/mol. The number of aryl methyl sites for hydroxylation is 2. The number of benzene rings is 3. The van der Waals surface area contributed by atoms with E-state index in [2.05, 4.69) is 4.99 Å². The average Bonchev–Trinajstić information content (AvgIpc) is 3.16. The van der Waals surface area contributed by atoms with Crippen LogP contribution in [0, 0.1) is 13.8 Å². The number of aromatic hydroxyl groups is 1. The molecule has 1 amide bonds. The molecule has 0 atom stereocenters. The van der Waals surface area contributed by atoms with Crippen LogP contribution in [0.3, 0.4) is 0 Å². The highest BCUT2D eigenvalue weighted by Gasteiger charge is 2.22. The summed E-state index contributed by atoms with van der Waals surface area (Å²) in [6.07, 6.45) is 0. The molecule has 4 heteroatoms. The standard InChI is InChI=1S/C24H17NO3/c1-13-3-7-15(8-4-13)21-17-12-20-18(11-19(17)25-23(21)26)22(24(27)28-20)16-9-5-14(2)6-10-16/h3-12,27H,1-2H3. The third-order valence-corrected chi connectivity index (χ3v) is 5.17. The molecule has 1 N–H and O–H groups in total. The Balaban J connectivity index is 1.79. The Morgan fingerprint density at radius 3 is 2.11 bits per heavy atom. The van der Waals surface area contributed by atoms with Gasteiger partial charge in [-0.2, -0.15) is 0 Å². The van der Waals surface area contributed by atoms with Crippen molar-refractivity contribution in [1.29, 1.82) is 0 Å². The first kappa shape index (κ1) is 16.5. The first-order valence-corrected chi connectivity index (χ1v) is 9.08. The number of fused-ring (bicyclic) bond motifs is 2. The average molecular weight is 367 g/mol. The molecule has 0 fully saturated rings. The van der Waals surface area contributed by atoms with Gasteiger partial charge < -0.3 is 9.52 Å². The first-order chi connectivity index (χ1) is 13.5. The molecule has 2 heterocycles. The Labute approximate surface area is 161 Å². The molecule has 0 saturated heterocycles. The topological polar surface area (TPSA) is 62.8 Å². The summed E-state index contributed by atoms with van der Waals surface area (Å²) in [5, 5.41) is 12.5. The lowest BCUT2D eigenvalue weighted by molar-refractivity contribution is -0.112. The highest BCUT2D eigenvalue weighted by atomic mass is 16.5. The second-order valence-corrected chi connectivity index (χ2v) is 7.17. The van der Waals surface area contributed by atoms with Crippen LogP contribution in [0.1, 0.15) is 16.7 Å². The van der Waals surface area contributed by atoms with E-state index in [1.54, 1.807) is 6.07 Å². The van der Waals surface area contributed by atoms with Gasteiger partial charge >= 0.3 is 0 Å². The molecule has 1 aliphatic heterocycles. The van der Waals surface area contributed by atoms with Gasteiger partial charge in [-0.05, 0) is 37.1 Å². The summed E-state index contributed by atoms with van der Waals surface area (Å²) in [6.45, 7) is 4.02. The Bertz CT molecular complexity index is 1380. The van der Waals surface area contributed by atoms with Crippen LogP contribution in [0.15, 0.2) is 70.1 Å². The van der Waals surface area contributed by atoms with Crippen molar-refractivity contribution in [3.63, 3.8) is 0 Å². The lowest BCUT2D eigenvalue weighted by Gasteiger charge is -2.01. The number of hydrogen-bond donors (Lipinski definition) is 1. The van der Waals surface area contributed by atoms with Crippen LogP contribution in [0.25, 0.3) is 27.7 Å². The number of hydrogen-bond acceptors (Lipinski definition) is 3. The van der Waals surface area contributed by atoms with E-state index in [0.29, 0.717) is 22.1 Å². The van der Waals surface area contributed by atoms with Gasteiger partial charge in [-0.25, -0.2) is 4.99 Å². The summed E-state index contributed by atoms with van der Waals surface area (Å²) in [4.78, 5) is 16.8. The van der Waals surface area contributed by atoms with Crippen LogP contribution in [-0.4, -0.2) is 11.0 Å². The number of furan rings is 1. The largest absolute Gasteiger partial charge is 0.480 e. The summed E-state index contributed by atoms with van der Waals surface area (Å²) in [7, 11) is 0. The minimum absolute atomic E-state index is 0.134. The Morgan fingerprint density at radius 1 is 0.857 bits per heavy atom. The van der Waals surface area contributed by atoms with E-state index in [0.717, 1.165) is 32.9 Å². The molecule has 0 radical (unpaired) electrons. The Kier molecular flexibility index (Phi) is 3.49. The van der Waals surface area contributed by atoms with Crippen LogP contribution in [0.4, 0.5) is 0 Å². The van der Waals surface area contributed by atoms with Gasteiger partial charge in [-0.15, -0.1) is 0 Å². The fraction of sp³-hybridized carbons (Fsp3) is 0.0833. The van der Waals surface area contributed by atoms with E-state index >= 15 is 0 Å². The maximum Gasteiger partial charge on any atom is 0.291 e. The molecule has 0 saturated carbocycles. The van der Waals surface area contributed by atoms with E-state index < -0.39 is 0 Å². The number of rotatable bonds is 2. The van der Waals surface area contributed by atoms with Crippen molar-refractivity contribution in [2.45, 2.75) is 13.8 Å². The third kappa shape index (κ3) is 2.46.